The predicted octanol–water partition coefficient (Wildman–Crippen LogP) is 2.35. The van der Waals surface area contributed by atoms with Gasteiger partial charge in [0.15, 0.2) is 6.10 Å². The van der Waals surface area contributed by atoms with Crippen LogP contribution in [0.1, 0.15) is 73.1 Å². The molecule has 0 bridgehead atoms. The molecule has 0 radical (unpaired) electrons. The second kappa shape index (κ2) is 15.3. The third kappa shape index (κ3) is 10.2. The van der Waals surface area contributed by atoms with Gasteiger partial charge in [-0.15, -0.1) is 0 Å². The minimum absolute atomic E-state index is 0.0110. The van der Waals surface area contributed by atoms with Crippen LogP contribution >= 0.6 is 0 Å². The second-order valence-electron chi connectivity index (χ2n) is 9.67. The number of allylic oxidation sites excluding steroid dienone is 1. The van der Waals surface area contributed by atoms with E-state index >= 15 is 0 Å². The Hall–Kier alpha value is -2.68. The third-order valence-electron chi connectivity index (χ3n) is 6.29. The van der Waals surface area contributed by atoms with Gasteiger partial charge in [0.2, 0.25) is 11.8 Å². The van der Waals surface area contributed by atoms with Crippen LogP contribution in [0.4, 0.5) is 0 Å². The maximum absolute atomic E-state index is 13.3. The normalized spacial score (nSPS) is 25.1. The van der Waals surface area contributed by atoms with Crippen molar-refractivity contribution in [3.05, 3.63) is 24.4 Å². The van der Waals surface area contributed by atoms with E-state index in [0.717, 1.165) is 32.1 Å². The highest BCUT2D eigenvalue weighted by Crippen LogP contribution is 2.28. The van der Waals surface area contributed by atoms with Gasteiger partial charge in [0.1, 0.15) is 12.1 Å². The lowest BCUT2D eigenvalue weighted by atomic mass is 9.82. The fourth-order valence-electron chi connectivity index (χ4n) is 4.07. The Kier molecular flexibility index (Phi) is 13.3. The zero-order valence-electron chi connectivity index (χ0n) is 21.8. The van der Waals surface area contributed by atoms with E-state index in [0.29, 0.717) is 0 Å². The van der Waals surface area contributed by atoms with Crippen LogP contribution in [0.15, 0.2) is 24.4 Å². The van der Waals surface area contributed by atoms with E-state index in [1.165, 1.54) is 19.1 Å². The van der Waals surface area contributed by atoms with E-state index in [-0.39, 0.29) is 30.6 Å². The number of cyclic esters (lactones) is 1. The van der Waals surface area contributed by atoms with Gasteiger partial charge in [0, 0.05) is 24.3 Å². The molecular weight excluding hydrogens is 450 g/mol. The van der Waals surface area contributed by atoms with E-state index < -0.39 is 47.8 Å². The lowest BCUT2D eigenvalue weighted by Crippen LogP contribution is -2.54. The molecule has 5 atom stereocenters. The van der Waals surface area contributed by atoms with Gasteiger partial charge >= 0.3 is 5.97 Å². The van der Waals surface area contributed by atoms with E-state index in [1.807, 2.05) is 6.92 Å². The zero-order valence-corrected chi connectivity index (χ0v) is 21.8. The molecule has 0 aliphatic carbocycles. The van der Waals surface area contributed by atoms with Gasteiger partial charge in [0.25, 0.3) is 5.91 Å². The Morgan fingerprint density at radius 3 is 2.29 bits per heavy atom. The largest absolute Gasteiger partial charge is 0.450 e. The van der Waals surface area contributed by atoms with E-state index in [9.17, 15) is 24.3 Å². The minimum atomic E-state index is -1.20. The van der Waals surface area contributed by atoms with Crippen molar-refractivity contribution in [3.63, 3.8) is 0 Å². The number of aliphatic hydroxyl groups excluding tert-OH is 1. The van der Waals surface area contributed by atoms with Crippen molar-refractivity contribution in [2.45, 2.75) is 91.3 Å². The summed E-state index contributed by atoms with van der Waals surface area (Å²) in [5, 5.41) is 17.5. The number of hydrogen-bond donors (Lipinski definition) is 4. The molecule has 1 heterocycles. The van der Waals surface area contributed by atoms with Crippen LogP contribution in [-0.2, 0) is 23.9 Å². The summed E-state index contributed by atoms with van der Waals surface area (Å²) in [6.07, 6.45) is 6.60. The molecule has 3 amide bonds. The number of rotatable bonds is 10. The Balaban J connectivity index is 3.32. The number of nitrogens with one attached hydrogen (secondary N) is 3. The van der Waals surface area contributed by atoms with Crippen molar-refractivity contribution in [2.75, 3.05) is 6.61 Å². The zero-order chi connectivity index (χ0) is 26.5. The summed E-state index contributed by atoms with van der Waals surface area (Å²) in [6.45, 7) is 12.7. The SMILES string of the molecule is C=C1/C=C/C(=O)N[C@@H](C)C(=O)N[C@H](C(C)C)C(=O)O[C@@H]([C@@H](CCO)[C@@H](C)CCCCCC)C(=O)N1. The molecule has 0 aromatic heterocycles. The van der Waals surface area contributed by atoms with Crippen molar-refractivity contribution in [1.82, 2.24) is 16.0 Å². The molecular formula is C26H43N3O6. The summed E-state index contributed by atoms with van der Waals surface area (Å²) >= 11 is 0. The van der Waals surface area contributed by atoms with Gasteiger partial charge in [-0.1, -0.05) is 66.4 Å². The lowest BCUT2D eigenvalue weighted by molar-refractivity contribution is -0.164. The van der Waals surface area contributed by atoms with E-state index in [4.69, 9.17) is 4.74 Å². The van der Waals surface area contributed by atoms with Crippen LogP contribution in [0.5, 0.6) is 0 Å². The van der Waals surface area contributed by atoms with Crippen LogP contribution in [0.2, 0.25) is 0 Å². The summed E-state index contributed by atoms with van der Waals surface area (Å²) in [6, 6.07) is -1.92. The molecule has 0 aromatic carbocycles. The van der Waals surface area contributed by atoms with Crippen molar-refractivity contribution in [1.29, 1.82) is 0 Å². The highest BCUT2D eigenvalue weighted by molar-refractivity contribution is 5.95. The fraction of sp³-hybridized carbons (Fsp3) is 0.692. The molecule has 0 saturated carbocycles. The maximum atomic E-state index is 13.3. The lowest BCUT2D eigenvalue weighted by Gasteiger charge is -2.32. The number of amides is 3. The van der Waals surface area contributed by atoms with Crippen LogP contribution in [0.25, 0.3) is 0 Å². The molecule has 0 aromatic rings. The highest BCUT2D eigenvalue weighted by atomic mass is 16.6. The van der Waals surface area contributed by atoms with E-state index in [2.05, 4.69) is 29.5 Å². The second-order valence-corrected chi connectivity index (χ2v) is 9.67. The molecule has 0 fully saturated rings. The molecule has 0 spiro atoms. The molecule has 35 heavy (non-hydrogen) atoms. The third-order valence-corrected chi connectivity index (χ3v) is 6.29. The van der Waals surface area contributed by atoms with Crippen LogP contribution < -0.4 is 16.0 Å². The maximum Gasteiger partial charge on any atom is 0.329 e. The van der Waals surface area contributed by atoms with Gasteiger partial charge in [-0.25, -0.2) is 4.79 Å². The molecule has 9 heteroatoms. The van der Waals surface area contributed by atoms with Gasteiger partial charge in [-0.3, -0.25) is 14.4 Å². The number of ether oxygens (including phenoxy) is 1. The Labute approximate surface area is 209 Å². The first-order chi connectivity index (χ1) is 16.5. The summed E-state index contributed by atoms with van der Waals surface area (Å²) in [5.41, 5.74) is 0.138. The average Bonchev–Trinajstić information content (AvgIpc) is 2.79. The average molecular weight is 494 g/mol. The molecule has 1 rings (SSSR count). The highest BCUT2D eigenvalue weighted by Gasteiger charge is 2.38. The molecule has 0 unspecified atom stereocenters. The molecule has 4 N–H and O–H groups in total. The minimum Gasteiger partial charge on any atom is -0.450 e. The topological polar surface area (TPSA) is 134 Å². The predicted molar refractivity (Wildman–Crippen MR) is 134 cm³/mol. The van der Waals surface area contributed by atoms with Crippen LogP contribution in [-0.4, -0.2) is 53.6 Å². The Bertz CT molecular complexity index is 779. The van der Waals surface area contributed by atoms with Gasteiger partial charge in [-0.05, 0) is 31.3 Å². The van der Waals surface area contributed by atoms with Crippen molar-refractivity contribution in [2.24, 2.45) is 17.8 Å². The van der Waals surface area contributed by atoms with Crippen LogP contribution in [0, 0.1) is 17.8 Å². The molecule has 9 nitrogen and oxygen atoms in total. The monoisotopic (exact) mass is 493 g/mol. The van der Waals surface area contributed by atoms with Crippen molar-refractivity contribution in [3.8, 4) is 0 Å². The molecule has 1 aliphatic heterocycles. The number of unbranched alkanes of at least 4 members (excludes halogenated alkanes) is 3. The number of carbonyl (C=O) groups excluding carboxylic acids is 4. The van der Waals surface area contributed by atoms with Gasteiger partial charge < -0.3 is 25.8 Å². The van der Waals surface area contributed by atoms with Gasteiger partial charge in [0.05, 0.1) is 0 Å². The first-order valence-corrected chi connectivity index (χ1v) is 12.6. The molecule has 1 aliphatic rings. The van der Waals surface area contributed by atoms with Crippen LogP contribution in [0.3, 0.4) is 0 Å². The smallest absolute Gasteiger partial charge is 0.329 e. The standard InChI is InChI=1S/C26H43N3O6/c1-7-8-9-10-11-17(4)20(14-15-30)23-25(33)27-18(5)12-13-21(31)28-19(6)24(32)29-22(16(2)3)26(34)35-23/h12-13,16-17,19-20,22-23,30H,5,7-11,14-15H2,1-4,6H3,(H,27,33)(H,28,31)(H,29,32)/b13-12+/t17-,19-,20-,22+,23-/m0/s1. The van der Waals surface area contributed by atoms with Crippen molar-refractivity contribution < 1.29 is 29.0 Å². The first kappa shape index (κ1) is 30.4. The van der Waals surface area contributed by atoms with Crippen molar-refractivity contribution >= 4 is 23.7 Å². The number of carbonyl (C=O) groups is 4. The Morgan fingerprint density at radius 2 is 1.69 bits per heavy atom. The quantitative estimate of drug-likeness (QED) is 0.273. The first-order valence-electron chi connectivity index (χ1n) is 12.6. The Morgan fingerprint density at radius 1 is 1.00 bits per heavy atom. The summed E-state index contributed by atoms with van der Waals surface area (Å²) in [5.74, 6) is -3.21. The molecule has 0 saturated heterocycles. The summed E-state index contributed by atoms with van der Waals surface area (Å²) in [4.78, 5) is 51.3. The number of aliphatic hydroxyl groups is 1. The number of esters is 1. The number of hydrogen-bond acceptors (Lipinski definition) is 6. The summed E-state index contributed by atoms with van der Waals surface area (Å²) in [7, 11) is 0. The summed E-state index contributed by atoms with van der Waals surface area (Å²) < 4.78 is 5.77. The van der Waals surface area contributed by atoms with E-state index in [1.54, 1.807) is 13.8 Å². The molecule has 198 valence electrons. The fourth-order valence-corrected chi connectivity index (χ4v) is 4.07. The van der Waals surface area contributed by atoms with Gasteiger partial charge in [-0.2, -0.15) is 0 Å².